The number of alkyl halides is 1. The highest BCUT2D eigenvalue weighted by atomic mass is 79.9. The summed E-state index contributed by atoms with van der Waals surface area (Å²) >= 11 is 3.85. The van der Waals surface area contributed by atoms with E-state index in [0.717, 1.165) is 6.42 Å². The number of benzene rings is 2. The van der Waals surface area contributed by atoms with Gasteiger partial charge in [-0.05, 0) is 17.5 Å². The molecule has 1 heteroatoms. The van der Waals surface area contributed by atoms with Crippen molar-refractivity contribution in [1.82, 2.24) is 0 Å². The van der Waals surface area contributed by atoms with Gasteiger partial charge in [-0.25, -0.2) is 0 Å². The van der Waals surface area contributed by atoms with Crippen molar-refractivity contribution in [1.29, 1.82) is 0 Å². The fourth-order valence-electron chi connectivity index (χ4n) is 2.18. The Labute approximate surface area is 112 Å². The smallest absolute Gasteiger partial charge is 0.0463 e. The van der Waals surface area contributed by atoms with Crippen LogP contribution in [0, 0.1) is 0 Å². The highest BCUT2D eigenvalue weighted by molar-refractivity contribution is 9.09. The lowest BCUT2D eigenvalue weighted by Gasteiger charge is -2.22. The molecule has 0 N–H and O–H groups in total. The molecular formula is C16H17Br. The molecule has 0 amide bonds. The van der Waals surface area contributed by atoms with Gasteiger partial charge in [0.15, 0.2) is 0 Å². The van der Waals surface area contributed by atoms with Crippen LogP contribution in [0.2, 0.25) is 0 Å². The zero-order chi connectivity index (χ0) is 12.1. The molecule has 2 atom stereocenters. The molecule has 0 saturated heterocycles. The highest BCUT2D eigenvalue weighted by Crippen LogP contribution is 2.39. The maximum absolute atomic E-state index is 3.85. The van der Waals surface area contributed by atoms with Crippen molar-refractivity contribution >= 4 is 15.9 Å². The van der Waals surface area contributed by atoms with E-state index in [9.17, 15) is 0 Å². The van der Waals surface area contributed by atoms with Gasteiger partial charge in [-0.1, -0.05) is 83.5 Å². The largest absolute Gasteiger partial charge is 0.0832 e. The Morgan fingerprint density at radius 3 is 1.76 bits per heavy atom. The summed E-state index contributed by atoms with van der Waals surface area (Å²) < 4.78 is 0. The Hall–Kier alpha value is -1.08. The molecule has 0 heterocycles. The van der Waals surface area contributed by atoms with Gasteiger partial charge in [-0.2, -0.15) is 0 Å². The lowest BCUT2D eigenvalue weighted by Crippen LogP contribution is -2.04. The average molecular weight is 289 g/mol. The quantitative estimate of drug-likeness (QED) is 0.668. The summed E-state index contributed by atoms with van der Waals surface area (Å²) in [5, 5.41) is 0. The molecule has 2 aromatic rings. The molecule has 0 aliphatic heterocycles. The summed E-state index contributed by atoms with van der Waals surface area (Å²) in [6.45, 7) is 2.24. The molecule has 0 aliphatic rings. The summed E-state index contributed by atoms with van der Waals surface area (Å²) in [6, 6.07) is 21.4. The molecule has 2 aromatic carbocycles. The molecular weight excluding hydrogens is 272 g/mol. The molecule has 0 bridgehead atoms. The van der Waals surface area contributed by atoms with Gasteiger partial charge in [-0.3, -0.25) is 0 Å². The standard InChI is InChI=1S/C16H17Br/c1-2-15(13-9-5-3-6-10-13)16(17)14-11-7-4-8-12-14/h3-12,15-16H,2H2,1H3. The lowest BCUT2D eigenvalue weighted by atomic mass is 9.90. The number of rotatable bonds is 4. The minimum Gasteiger partial charge on any atom is -0.0832 e. The fraction of sp³-hybridized carbons (Fsp3) is 0.250. The molecule has 0 nitrogen and oxygen atoms in total. The van der Waals surface area contributed by atoms with Gasteiger partial charge in [0, 0.05) is 10.7 Å². The Morgan fingerprint density at radius 1 is 0.824 bits per heavy atom. The van der Waals surface area contributed by atoms with Gasteiger partial charge in [0.25, 0.3) is 0 Å². The van der Waals surface area contributed by atoms with Gasteiger partial charge < -0.3 is 0 Å². The third-order valence-electron chi connectivity index (χ3n) is 3.14. The van der Waals surface area contributed by atoms with Gasteiger partial charge in [0.05, 0.1) is 0 Å². The topological polar surface area (TPSA) is 0 Å². The van der Waals surface area contributed by atoms with Crippen molar-refractivity contribution < 1.29 is 0 Å². The predicted octanol–water partition coefficient (Wildman–Crippen LogP) is 5.32. The van der Waals surface area contributed by atoms with Crippen LogP contribution in [-0.4, -0.2) is 0 Å². The van der Waals surface area contributed by atoms with Crippen LogP contribution in [0.15, 0.2) is 60.7 Å². The van der Waals surface area contributed by atoms with Crippen LogP contribution < -0.4 is 0 Å². The van der Waals surface area contributed by atoms with E-state index in [1.807, 2.05) is 0 Å². The number of hydrogen-bond donors (Lipinski definition) is 0. The minimum atomic E-state index is 0.385. The summed E-state index contributed by atoms with van der Waals surface area (Å²) in [4.78, 5) is 0.385. The maximum Gasteiger partial charge on any atom is 0.0463 e. The van der Waals surface area contributed by atoms with Crippen LogP contribution in [0.1, 0.15) is 35.2 Å². The molecule has 88 valence electrons. The molecule has 2 rings (SSSR count). The molecule has 0 saturated carbocycles. The number of hydrogen-bond acceptors (Lipinski definition) is 0. The van der Waals surface area contributed by atoms with Crippen LogP contribution in [-0.2, 0) is 0 Å². The van der Waals surface area contributed by atoms with Gasteiger partial charge in [0.2, 0.25) is 0 Å². The Balaban J connectivity index is 2.25. The third kappa shape index (κ3) is 2.98. The van der Waals surface area contributed by atoms with Crippen molar-refractivity contribution in [3.8, 4) is 0 Å². The second kappa shape index (κ2) is 6.02. The van der Waals surface area contributed by atoms with Crippen molar-refractivity contribution in [2.75, 3.05) is 0 Å². The normalized spacial score (nSPS) is 14.2. The van der Waals surface area contributed by atoms with E-state index in [4.69, 9.17) is 0 Å². The van der Waals surface area contributed by atoms with E-state index in [-0.39, 0.29) is 0 Å². The monoisotopic (exact) mass is 288 g/mol. The van der Waals surface area contributed by atoms with Crippen molar-refractivity contribution in [3.05, 3.63) is 71.8 Å². The average Bonchev–Trinajstić information content (AvgIpc) is 2.42. The predicted molar refractivity (Wildman–Crippen MR) is 77.6 cm³/mol. The molecule has 0 aliphatic carbocycles. The van der Waals surface area contributed by atoms with Crippen LogP contribution >= 0.6 is 15.9 Å². The summed E-state index contributed by atoms with van der Waals surface area (Å²) in [7, 11) is 0. The van der Waals surface area contributed by atoms with E-state index >= 15 is 0 Å². The van der Waals surface area contributed by atoms with E-state index < -0.39 is 0 Å². The summed E-state index contributed by atoms with van der Waals surface area (Å²) in [5.41, 5.74) is 2.75. The number of halogens is 1. The molecule has 0 spiro atoms. The Morgan fingerprint density at radius 2 is 1.29 bits per heavy atom. The first-order valence-corrected chi connectivity index (χ1v) is 6.98. The van der Waals surface area contributed by atoms with E-state index in [1.165, 1.54) is 11.1 Å². The highest BCUT2D eigenvalue weighted by Gasteiger charge is 2.20. The first-order valence-electron chi connectivity index (χ1n) is 6.07. The first-order chi connectivity index (χ1) is 8.33. The molecule has 17 heavy (non-hydrogen) atoms. The second-order valence-electron chi connectivity index (χ2n) is 4.24. The molecule has 0 fully saturated rings. The van der Waals surface area contributed by atoms with Crippen molar-refractivity contribution in [3.63, 3.8) is 0 Å². The van der Waals surface area contributed by atoms with Crippen molar-refractivity contribution in [2.45, 2.75) is 24.1 Å². The Kier molecular flexibility index (Phi) is 4.38. The fourth-order valence-corrected chi connectivity index (χ4v) is 3.17. The SMILES string of the molecule is CCC(c1ccccc1)C(Br)c1ccccc1. The van der Waals surface area contributed by atoms with Crippen LogP contribution in [0.4, 0.5) is 0 Å². The van der Waals surface area contributed by atoms with Gasteiger partial charge in [-0.15, -0.1) is 0 Å². The molecule has 0 aromatic heterocycles. The summed E-state index contributed by atoms with van der Waals surface area (Å²) in [6.07, 6.45) is 1.13. The second-order valence-corrected chi connectivity index (χ2v) is 5.22. The van der Waals surface area contributed by atoms with Gasteiger partial charge in [0.1, 0.15) is 0 Å². The van der Waals surface area contributed by atoms with Crippen LogP contribution in [0.25, 0.3) is 0 Å². The van der Waals surface area contributed by atoms with Crippen LogP contribution in [0.3, 0.4) is 0 Å². The molecule has 2 unspecified atom stereocenters. The van der Waals surface area contributed by atoms with E-state index in [1.54, 1.807) is 0 Å². The zero-order valence-electron chi connectivity index (χ0n) is 10.0. The van der Waals surface area contributed by atoms with Crippen molar-refractivity contribution in [2.24, 2.45) is 0 Å². The third-order valence-corrected chi connectivity index (χ3v) is 4.31. The Bertz CT molecular complexity index is 436. The van der Waals surface area contributed by atoms with E-state index in [0.29, 0.717) is 10.7 Å². The molecule has 0 radical (unpaired) electrons. The lowest BCUT2D eigenvalue weighted by molar-refractivity contribution is 0.655. The minimum absolute atomic E-state index is 0.385. The summed E-state index contributed by atoms with van der Waals surface area (Å²) in [5.74, 6) is 0.526. The maximum atomic E-state index is 3.85. The van der Waals surface area contributed by atoms with Crippen LogP contribution in [0.5, 0.6) is 0 Å². The van der Waals surface area contributed by atoms with E-state index in [2.05, 4.69) is 83.5 Å². The zero-order valence-corrected chi connectivity index (χ0v) is 11.6. The van der Waals surface area contributed by atoms with Gasteiger partial charge >= 0.3 is 0 Å². The first kappa shape index (κ1) is 12.4.